The topological polar surface area (TPSA) is 84.9 Å². The highest BCUT2D eigenvalue weighted by Gasteiger charge is 2.36. The molecule has 4 rings (SSSR count). The second kappa shape index (κ2) is 7.34. The number of hydrogen-bond acceptors (Lipinski definition) is 6. The number of ketones is 1. The van der Waals surface area contributed by atoms with Gasteiger partial charge in [0.2, 0.25) is 5.91 Å². The summed E-state index contributed by atoms with van der Waals surface area (Å²) in [6.45, 7) is 0.466. The Labute approximate surface area is 162 Å². The number of amides is 1. The van der Waals surface area contributed by atoms with Gasteiger partial charge < -0.3 is 19.7 Å². The van der Waals surface area contributed by atoms with Crippen LogP contribution in [0, 0.1) is 0 Å². The molecule has 0 radical (unpaired) electrons. The summed E-state index contributed by atoms with van der Waals surface area (Å²) in [4.78, 5) is 38.8. The van der Waals surface area contributed by atoms with E-state index in [4.69, 9.17) is 9.47 Å². The van der Waals surface area contributed by atoms with Gasteiger partial charge in [-0.15, -0.1) is 0 Å². The van der Waals surface area contributed by atoms with E-state index in [0.717, 1.165) is 25.1 Å². The Hall–Kier alpha value is -3.35. The molecule has 1 saturated heterocycles. The molecule has 2 aromatic carbocycles. The molecule has 2 heterocycles. The summed E-state index contributed by atoms with van der Waals surface area (Å²) in [5.74, 6) is -0.320. The lowest BCUT2D eigenvalue weighted by Crippen LogP contribution is -2.43. The van der Waals surface area contributed by atoms with Crippen LogP contribution in [-0.4, -0.2) is 44.0 Å². The summed E-state index contributed by atoms with van der Waals surface area (Å²) in [5.41, 5.74) is 2.23. The Morgan fingerprint density at radius 2 is 1.89 bits per heavy atom. The van der Waals surface area contributed by atoms with E-state index in [1.54, 1.807) is 43.5 Å². The number of carbonyl (C=O) groups excluding carboxylic acids is 3. The highest BCUT2D eigenvalue weighted by atomic mass is 16.5. The van der Waals surface area contributed by atoms with Crippen LogP contribution in [0.2, 0.25) is 0 Å². The first-order chi connectivity index (χ1) is 13.6. The van der Waals surface area contributed by atoms with E-state index in [9.17, 15) is 14.4 Å². The van der Waals surface area contributed by atoms with Crippen molar-refractivity contribution in [3.63, 3.8) is 0 Å². The maximum Gasteiger partial charge on any atom is 0.338 e. The monoisotopic (exact) mass is 380 g/mol. The Morgan fingerprint density at radius 3 is 2.64 bits per heavy atom. The number of hydrogen-bond donors (Lipinski definition) is 1. The quantitative estimate of drug-likeness (QED) is 0.634. The molecular weight excluding hydrogens is 360 g/mol. The molecule has 1 amide bonds. The number of rotatable bonds is 5. The van der Waals surface area contributed by atoms with Crippen LogP contribution in [-0.2, 0) is 9.53 Å². The van der Waals surface area contributed by atoms with Crippen molar-refractivity contribution in [2.75, 3.05) is 30.5 Å². The van der Waals surface area contributed by atoms with Gasteiger partial charge in [0.15, 0.2) is 12.4 Å². The summed E-state index contributed by atoms with van der Waals surface area (Å²) >= 11 is 0. The third-order valence-corrected chi connectivity index (χ3v) is 5.10. The van der Waals surface area contributed by atoms with Crippen molar-refractivity contribution >= 4 is 29.0 Å². The van der Waals surface area contributed by atoms with Gasteiger partial charge in [0.1, 0.15) is 11.8 Å². The highest BCUT2D eigenvalue weighted by molar-refractivity contribution is 6.06. The zero-order valence-corrected chi connectivity index (χ0v) is 15.4. The van der Waals surface area contributed by atoms with Crippen molar-refractivity contribution in [2.24, 2.45) is 0 Å². The third-order valence-electron chi connectivity index (χ3n) is 5.10. The zero-order chi connectivity index (χ0) is 19.7. The second-order valence-electron chi connectivity index (χ2n) is 6.80. The average Bonchev–Trinajstić information content (AvgIpc) is 3.22. The molecule has 1 atom stereocenters. The van der Waals surface area contributed by atoms with Crippen LogP contribution in [0.1, 0.15) is 33.6 Å². The smallest absolute Gasteiger partial charge is 0.338 e. The van der Waals surface area contributed by atoms with Gasteiger partial charge in [0.05, 0.1) is 24.0 Å². The van der Waals surface area contributed by atoms with E-state index in [1.807, 2.05) is 6.07 Å². The normalized spacial score (nSPS) is 17.4. The number of anilines is 2. The minimum atomic E-state index is -0.609. The first kappa shape index (κ1) is 18.0. The minimum Gasteiger partial charge on any atom is -0.497 e. The average molecular weight is 380 g/mol. The molecule has 28 heavy (non-hydrogen) atoms. The van der Waals surface area contributed by atoms with E-state index >= 15 is 0 Å². The molecular formula is C21H20N2O5. The van der Waals surface area contributed by atoms with Crippen molar-refractivity contribution in [2.45, 2.75) is 18.9 Å². The van der Waals surface area contributed by atoms with Gasteiger partial charge in [-0.25, -0.2) is 4.79 Å². The SMILES string of the molecule is COc1ccc(C(=O)COC(=O)c2ccc3c(c2)NC(=O)[C@@H]2CCCN32)cc1. The molecule has 7 nitrogen and oxygen atoms in total. The first-order valence-electron chi connectivity index (χ1n) is 9.13. The van der Waals surface area contributed by atoms with Gasteiger partial charge in [-0.2, -0.15) is 0 Å². The fourth-order valence-corrected chi connectivity index (χ4v) is 3.63. The number of esters is 1. The summed E-state index contributed by atoms with van der Waals surface area (Å²) < 4.78 is 10.2. The Morgan fingerprint density at radius 1 is 1.14 bits per heavy atom. The van der Waals surface area contributed by atoms with Gasteiger partial charge in [-0.05, 0) is 55.3 Å². The van der Waals surface area contributed by atoms with Crippen molar-refractivity contribution in [1.29, 1.82) is 0 Å². The van der Waals surface area contributed by atoms with E-state index in [-0.39, 0.29) is 24.3 Å². The first-order valence-corrected chi connectivity index (χ1v) is 9.13. The molecule has 1 N–H and O–H groups in total. The molecule has 0 saturated carbocycles. The maximum atomic E-state index is 12.4. The number of methoxy groups -OCH3 is 1. The summed E-state index contributed by atoms with van der Waals surface area (Å²) in [6.07, 6.45) is 1.80. The molecule has 2 aliphatic heterocycles. The number of nitrogens with zero attached hydrogens (tertiary/aromatic N) is 1. The molecule has 0 unspecified atom stereocenters. The highest BCUT2D eigenvalue weighted by Crippen LogP contribution is 2.37. The van der Waals surface area contributed by atoms with Crippen LogP contribution in [0.15, 0.2) is 42.5 Å². The lowest BCUT2D eigenvalue weighted by Gasteiger charge is -2.33. The van der Waals surface area contributed by atoms with Crippen LogP contribution in [0.5, 0.6) is 5.75 Å². The number of Topliss-reactive ketones (excluding diaryl/α,β-unsaturated/α-hetero) is 1. The molecule has 7 heteroatoms. The van der Waals surface area contributed by atoms with Crippen LogP contribution in [0.3, 0.4) is 0 Å². The molecule has 2 aliphatic rings. The fourth-order valence-electron chi connectivity index (χ4n) is 3.63. The molecule has 0 aromatic heterocycles. The Bertz CT molecular complexity index is 938. The predicted molar refractivity (Wildman–Crippen MR) is 103 cm³/mol. The lowest BCUT2D eigenvalue weighted by molar-refractivity contribution is -0.117. The molecule has 0 bridgehead atoms. The molecule has 0 spiro atoms. The van der Waals surface area contributed by atoms with Crippen molar-refractivity contribution < 1.29 is 23.9 Å². The van der Waals surface area contributed by atoms with Crippen LogP contribution in [0.4, 0.5) is 11.4 Å². The molecule has 144 valence electrons. The molecule has 0 aliphatic carbocycles. The molecule has 1 fully saturated rings. The predicted octanol–water partition coefficient (Wildman–Crippen LogP) is 2.66. The Balaban J connectivity index is 1.43. The number of fused-ring (bicyclic) bond motifs is 3. The maximum absolute atomic E-state index is 12.4. The largest absolute Gasteiger partial charge is 0.497 e. The Kier molecular flexibility index (Phi) is 4.73. The second-order valence-corrected chi connectivity index (χ2v) is 6.80. The standard InChI is InChI=1S/C21H20N2O5/c1-27-15-7-4-13(5-8-15)19(24)12-28-21(26)14-6-9-17-16(11-14)22-20(25)18-3-2-10-23(17)18/h4-9,11,18H,2-3,10,12H2,1H3,(H,22,25)/t18-/m0/s1. The van der Waals surface area contributed by atoms with Gasteiger partial charge in [-0.1, -0.05) is 0 Å². The third kappa shape index (κ3) is 3.31. The van der Waals surface area contributed by atoms with Crippen LogP contribution in [0.25, 0.3) is 0 Å². The molecule has 2 aromatic rings. The summed E-state index contributed by atoms with van der Waals surface area (Å²) in [7, 11) is 1.55. The number of carbonyl (C=O) groups is 3. The van der Waals surface area contributed by atoms with Gasteiger partial charge >= 0.3 is 5.97 Å². The minimum absolute atomic E-state index is 0.0507. The van der Waals surface area contributed by atoms with Crippen LogP contribution >= 0.6 is 0 Å². The summed E-state index contributed by atoms with van der Waals surface area (Å²) in [5, 5.41) is 2.86. The van der Waals surface area contributed by atoms with E-state index in [0.29, 0.717) is 22.6 Å². The number of benzene rings is 2. The number of ether oxygens (including phenoxy) is 2. The van der Waals surface area contributed by atoms with E-state index < -0.39 is 5.97 Å². The van der Waals surface area contributed by atoms with Crippen molar-refractivity contribution in [1.82, 2.24) is 0 Å². The fraction of sp³-hybridized carbons (Fsp3) is 0.286. The summed E-state index contributed by atoms with van der Waals surface area (Å²) in [6, 6.07) is 11.5. The number of nitrogens with one attached hydrogen (secondary N) is 1. The lowest BCUT2D eigenvalue weighted by atomic mass is 10.1. The van der Waals surface area contributed by atoms with Crippen molar-refractivity contribution in [3.05, 3.63) is 53.6 Å². The zero-order valence-electron chi connectivity index (χ0n) is 15.4. The van der Waals surface area contributed by atoms with Gasteiger partial charge in [-0.3, -0.25) is 9.59 Å². The van der Waals surface area contributed by atoms with E-state index in [2.05, 4.69) is 10.2 Å². The van der Waals surface area contributed by atoms with Crippen LogP contribution < -0.4 is 15.0 Å². The van der Waals surface area contributed by atoms with Gasteiger partial charge in [0.25, 0.3) is 0 Å². The van der Waals surface area contributed by atoms with Crippen molar-refractivity contribution in [3.8, 4) is 5.75 Å². The van der Waals surface area contributed by atoms with E-state index in [1.165, 1.54) is 0 Å². The van der Waals surface area contributed by atoms with Gasteiger partial charge in [0, 0.05) is 12.1 Å².